The molecular formula is C15H15F2N. The number of rotatable bonds is 2. The average molecular weight is 247 g/mol. The van der Waals surface area contributed by atoms with Gasteiger partial charge in [-0.25, -0.2) is 0 Å². The lowest BCUT2D eigenvalue weighted by Crippen LogP contribution is -2.38. The van der Waals surface area contributed by atoms with Gasteiger partial charge in [-0.05, 0) is 30.2 Å². The summed E-state index contributed by atoms with van der Waals surface area (Å²) in [7, 11) is 0. The van der Waals surface area contributed by atoms with Gasteiger partial charge in [0.2, 0.25) is 0 Å². The van der Waals surface area contributed by atoms with E-state index in [1.165, 1.54) is 0 Å². The molecule has 1 aliphatic heterocycles. The van der Waals surface area contributed by atoms with Crippen LogP contribution in [-0.4, -0.2) is 12.6 Å². The highest BCUT2D eigenvalue weighted by atomic mass is 19.3. The molecule has 1 aliphatic rings. The van der Waals surface area contributed by atoms with Gasteiger partial charge in [0.1, 0.15) is 0 Å². The van der Waals surface area contributed by atoms with E-state index in [2.05, 4.69) is 5.32 Å². The van der Waals surface area contributed by atoms with E-state index in [4.69, 9.17) is 0 Å². The zero-order valence-electron chi connectivity index (χ0n) is 10.00. The molecule has 0 radical (unpaired) electrons. The molecule has 0 aromatic heterocycles. The molecule has 1 atom stereocenters. The van der Waals surface area contributed by atoms with Crippen LogP contribution in [0.1, 0.15) is 18.4 Å². The molecule has 94 valence electrons. The van der Waals surface area contributed by atoms with Crippen LogP contribution in [0.25, 0.3) is 10.8 Å². The Morgan fingerprint density at radius 1 is 1.06 bits per heavy atom. The Labute approximate surface area is 105 Å². The minimum atomic E-state index is -2.81. The summed E-state index contributed by atoms with van der Waals surface area (Å²) in [6, 6.07) is 11.7. The number of halogens is 2. The summed E-state index contributed by atoms with van der Waals surface area (Å²) >= 11 is 0. The van der Waals surface area contributed by atoms with Crippen molar-refractivity contribution in [2.75, 3.05) is 6.54 Å². The van der Waals surface area contributed by atoms with Crippen molar-refractivity contribution in [2.45, 2.75) is 24.8 Å². The molecule has 0 bridgehead atoms. The van der Waals surface area contributed by atoms with Crippen molar-refractivity contribution in [2.24, 2.45) is 0 Å². The first-order chi connectivity index (χ1) is 8.69. The Hall–Kier alpha value is -1.48. The Bertz CT molecular complexity index is 554. The molecule has 2 aromatic carbocycles. The van der Waals surface area contributed by atoms with Crippen LogP contribution < -0.4 is 5.32 Å². The van der Waals surface area contributed by atoms with E-state index in [0.717, 1.165) is 11.8 Å². The second-order valence-electron chi connectivity index (χ2n) is 4.80. The molecule has 1 nitrogen and oxygen atoms in total. The van der Waals surface area contributed by atoms with Crippen molar-refractivity contribution in [3.8, 4) is 0 Å². The predicted octanol–water partition coefficient (Wildman–Crippen LogP) is 3.68. The summed E-state index contributed by atoms with van der Waals surface area (Å²) in [5.74, 6) is -2.81. The van der Waals surface area contributed by atoms with Crippen molar-refractivity contribution in [3.05, 3.63) is 48.0 Å². The molecule has 1 unspecified atom stereocenters. The fourth-order valence-electron chi connectivity index (χ4n) is 2.70. The number of alkyl halides is 2. The van der Waals surface area contributed by atoms with Gasteiger partial charge >= 0.3 is 0 Å². The van der Waals surface area contributed by atoms with Crippen molar-refractivity contribution in [3.63, 3.8) is 0 Å². The van der Waals surface area contributed by atoms with Gasteiger partial charge in [-0.15, -0.1) is 0 Å². The number of nitrogens with one attached hydrogen (secondary N) is 1. The van der Waals surface area contributed by atoms with E-state index in [0.29, 0.717) is 18.4 Å². The van der Waals surface area contributed by atoms with Crippen LogP contribution >= 0.6 is 0 Å². The van der Waals surface area contributed by atoms with Crippen LogP contribution in [0.15, 0.2) is 42.5 Å². The van der Waals surface area contributed by atoms with Crippen LogP contribution in [-0.2, 0) is 5.92 Å². The topological polar surface area (TPSA) is 12.0 Å². The van der Waals surface area contributed by atoms with Crippen LogP contribution in [0.3, 0.4) is 0 Å². The molecule has 0 spiro atoms. The Kier molecular flexibility index (Phi) is 2.78. The van der Waals surface area contributed by atoms with Crippen LogP contribution in [0.2, 0.25) is 0 Å². The van der Waals surface area contributed by atoms with Gasteiger partial charge in [0.05, 0.1) is 6.04 Å². The molecule has 0 amide bonds. The molecule has 1 N–H and O–H groups in total. The van der Waals surface area contributed by atoms with E-state index in [-0.39, 0.29) is 5.56 Å². The Morgan fingerprint density at radius 3 is 2.61 bits per heavy atom. The van der Waals surface area contributed by atoms with Gasteiger partial charge in [0, 0.05) is 5.56 Å². The molecule has 1 fully saturated rings. The fraction of sp³-hybridized carbons (Fsp3) is 0.333. The zero-order valence-corrected chi connectivity index (χ0v) is 10.00. The molecule has 3 heteroatoms. The lowest BCUT2D eigenvalue weighted by molar-refractivity contribution is -0.0362. The maximum Gasteiger partial charge on any atom is 0.288 e. The van der Waals surface area contributed by atoms with E-state index in [1.807, 2.05) is 24.3 Å². The van der Waals surface area contributed by atoms with Crippen LogP contribution in [0.5, 0.6) is 0 Å². The molecule has 3 rings (SSSR count). The van der Waals surface area contributed by atoms with E-state index in [1.54, 1.807) is 18.2 Å². The van der Waals surface area contributed by atoms with Gasteiger partial charge in [-0.2, -0.15) is 8.78 Å². The first kappa shape index (κ1) is 11.6. The highest BCUT2D eigenvalue weighted by Gasteiger charge is 2.43. The summed E-state index contributed by atoms with van der Waals surface area (Å²) in [6.45, 7) is 0.686. The second-order valence-corrected chi connectivity index (χ2v) is 4.80. The van der Waals surface area contributed by atoms with Gasteiger partial charge < -0.3 is 5.32 Å². The fourth-order valence-corrected chi connectivity index (χ4v) is 2.70. The standard InChI is InChI=1S/C15H15F2N/c16-15(17,14-9-4-10-18-14)13-8-3-6-11-5-1-2-7-12(11)13/h1-3,5-8,14,18H,4,9-10H2. The first-order valence-electron chi connectivity index (χ1n) is 6.29. The molecule has 0 aliphatic carbocycles. The maximum atomic E-state index is 14.5. The number of benzene rings is 2. The molecule has 2 aromatic rings. The average Bonchev–Trinajstić information content (AvgIpc) is 2.92. The lowest BCUT2D eigenvalue weighted by atomic mass is 9.94. The Morgan fingerprint density at radius 2 is 1.83 bits per heavy atom. The summed E-state index contributed by atoms with van der Waals surface area (Å²) in [5, 5.41) is 4.43. The zero-order chi connectivity index (χ0) is 12.6. The van der Waals surface area contributed by atoms with E-state index in [9.17, 15) is 8.78 Å². The second kappa shape index (κ2) is 4.32. The van der Waals surface area contributed by atoms with E-state index < -0.39 is 12.0 Å². The van der Waals surface area contributed by atoms with Gasteiger partial charge in [0.25, 0.3) is 5.92 Å². The third-order valence-electron chi connectivity index (χ3n) is 3.65. The van der Waals surface area contributed by atoms with Crippen LogP contribution in [0, 0.1) is 0 Å². The van der Waals surface area contributed by atoms with Gasteiger partial charge in [0.15, 0.2) is 0 Å². The number of fused-ring (bicyclic) bond motifs is 1. The first-order valence-corrected chi connectivity index (χ1v) is 6.29. The molecule has 18 heavy (non-hydrogen) atoms. The largest absolute Gasteiger partial charge is 0.308 e. The quantitative estimate of drug-likeness (QED) is 0.853. The monoisotopic (exact) mass is 247 g/mol. The van der Waals surface area contributed by atoms with Crippen molar-refractivity contribution >= 4 is 10.8 Å². The van der Waals surface area contributed by atoms with Crippen molar-refractivity contribution < 1.29 is 8.78 Å². The SMILES string of the molecule is FC(F)(c1cccc2ccccc12)C1CCCN1. The smallest absolute Gasteiger partial charge is 0.288 e. The molecule has 1 saturated heterocycles. The minimum absolute atomic E-state index is 0.139. The third kappa shape index (κ3) is 1.79. The summed E-state index contributed by atoms with van der Waals surface area (Å²) in [6.07, 6.45) is 1.36. The van der Waals surface area contributed by atoms with E-state index >= 15 is 0 Å². The summed E-state index contributed by atoms with van der Waals surface area (Å²) in [5.41, 5.74) is 0.139. The summed E-state index contributed by atoms with van der Waals surface area (Å²) < 4.78 is 29.1. The Balaban J connectivity index is 2.13. The summed E-state index contributed by atoms with van der Waals surface area (Å²) in [4.78, 5) is 0. The lowest BCUT2D eigenvalue weighted by Gasteiger charge is -2.25. The maximum absolute atomic E-state index is 14.5. The molecule has 1 heterocycles. The minimum Gasteiger partial charge on any atom is -0.308 e. The predicted molar refractivity (Wildman–Crippen MR) is 68.9 cm³/mol. The molecular weight excluding hydrogens is 232 g/mol. The third-order valence-corrected chi connectivity index (χ3v) is 3.65. The highest BCUT2D eigenvalue weighted by molar-refractivity contribution is 5.86. The van der Waals surface area contributed by atoms with Crippen LogP contribution in [0.4, 0.5) is 8.78 Å². The van der Waals surface area contributed by atoms with Gasteiger partial charge in [-0.1, -0.05) is 42.5 Å². The van der Waals surface area contributed by atoms with Crippen molar-refractivity contribution in [1.29, 1.82) is 0 Å². The van der Waals surface area contributed by atoms with Gasteiger partial charge in [-0.3, -0.25) is 0 Å². The normalized spacial score (nSPS) is 20.4. The number of hydrogen-bond acceptors (Lipinski definition) is 1. The van der Waals surface area contributed by atoms with Crippen molar-refractivity contribution in [1.82, 2.24) is 5.32 Å². The highest BCUT2D eigenvalue weighted by Crippen LogP contribution is 2.39. The number of hydrogen-bond donors (Lipinski definition) is 1. The molecule has 0 saturated carbocycles.